The van der Waals surface area contributed by atoms with Crippen LogP contribution in [0.4, 0.5) is 5.69 Å². The van der Waals surface area contributed by atoms with Crippen molar-refractivity contribution in [1.82, 2.24) is 0 Å². The van der Waals surface area contributed by atoms with E-state index in [0.29, 0.717) is 0 Å². The first-order chi connectivity index (χ1) is 12.3. The first-order valence-corrected chi connectivity index (χ1v) is 8.38. The van der Waals surface area contributed by atoms with Crippen LogP contribution in [-0.2, 0) is 6.54 Å². The molecule has 4 aromatic rings. The van der Waals surface area contributed by atoms with Crippen LogP contribution >= 0.6 is 0 Å². The molecule has 4 aromatic carbocycles. The van der Waals surface area contributed by atoms with Gasteiger partial charge in [0, 0.05) is 30.1 Å². The third-order valence-electron chi connectivity index (χ3n) is 4.75. The molecule has 0 N–H and O–H groups in total. The van der Waals surface area contributed by atoms with E-state index in [2.05, 4.69) is 54.4 Å². The molecular formula is C23H18N2. The van der Waals surface area contributed by atoms with Crippen LogP contribution in [0.2, 0.25) is 0 Å². The van der Waals surface area contributed by atoms with Crippen molar-refractivity contribution < 1.29 is 0 Å². The lowest BCUT2D eigenvalue weighted by Crippen LogP contribution is -2.16. The molecule has 0 bridgehead atoms. The molecule has 0 aliphatic carbocycles. The Morgan fingerprint density at radius 3 is 1.72 bits per heavy atom. The van der Waals surface area contributed by atoms with E-state index in [9.17, 15) is 5.26 Å². The predicted octanol–water partition coefficient (Wildman–Crippen LogP) is 5.50. The molecule has 0 heterocycles. The second-order valence-electron chi connectivity index (χ2n) is 6.25. The summed E-state index contributed by atoms with van der Waals surface area (Å²) in [7, 11) is 2.11. The van der Waals surface area contributed by atoms with Crippen LogP contribution in [0.3, 0.4) is 0 Å². The number of hydrogen-bond donors (Lipinski definition) is 0. The SMILES string of the molecule is CN(Cc1c2ccccc2c(C#N)c2ccccc12)c1ccccc1. The standard InChI is InChI=1S/C23H18N2/c1-25(17-9-3-2-4-10-17)16-23-20-13-7-5-11-18(20)22(15-24)19-12-6-8-14-21(19)23/h2-14H,16H2,1H3. The maximum absolute atomic E-state index is 9.72. The Morgan fingerprint density at radius 2 is 1.20 bits per heavy atom. The quantitative estimate of drug-likeness (QED) is 0.466. The van der Waals surface area contributed by atoms with Crippen molar-refractivity contribution in [3.63, 3.8) is 0 Å². The number of anilines is 1. The van der Waals surface area contributed by atoms with Crippen molar-refractivity contribution in [3.8, 4) is 6.07 Å². The Morgan fingerprint density at radius 1 is 0.720 bits per heavy atom. The molecule has 0 saturated heterocycles. The monoisotopic (exact) mass is 322 g/mol. The van der Waals surface area contributed by atoms with E-state index >= 15 is 0 Å². The zero-order valence-corrected chi connectivity index (χ0v) is 14.1. The van der Waals surface area contributed by atoms with Crippen LogP contribution in [-0.4, -0.2) is 7.05 Å². The zero-order chi connectivity index (χ0) is 17.2. The fourth-order valence-electron chi connectivity index (χ4n) is 3.52. The predicted molar refractivity (Wildman–Crippen MR) is 105 cm³/mol. The van der Waals surface area contributed by atoms with Gasteiger partial charge >= 0.3 is 0 Å². The summed E-state index contributed by atoms with van der Waals surface area (Å²) in [6.45, 7) is 0.788. The summed E-state index contributed by atoms with van der Waals surface area (Å²) in [5.74, 6) is 0. The molecule has 0 atom stereocenters. The highest BCUT2D eigenvalue weighted by molar-refractivity contribution is 6.07. The van der Waals surface area contributed by atoms with Crippen LogP contribution in [0.25, 0.3) is 21.5 Å². The maximum atomic E-state index is 9.72. The zero-order valence-electron chi connectivity index (χ0n) is 14.1. The van der Waals surface area contributed by atoms with Crippen LogP contribution in [0.1, 0.15) is 11.1 Å². The summed E-state index contributed by atoms with van der Waals surface area (Å²) in [6, 6.07) is 29.2. The van der Waals surface area contributed by atoms with Crippen LogP contribution < -0.4 is 4.90 Å². The van der Waals surface area contributed by atoms with Crippen molar-refractivity contribution in [2.75, 3.05) is 11.9 Å². The molecule has 0 radical (unpaired) electrons. The Hall–Kier alpha value is -3.31. The second kappa shape index (κ2) is 6.30. The molecule has 0 aromatic heterocycles. The third kappa shape index (κ3) is 2.60. The summed E-state index contributed by atoms with van der Waals surface area (Å²) >= 11 is 0. The number of nitrogens with zero attached hydrogens (tertiary/aromatic N) is 2. The summed E-state index contributed by atoms with van der Waals surface area (Å²) < 4.78 is 0. The number of benzene rings is 4. The van der Waals surface area contributed by atoms with E-state index < -0.39 is 0 Å². The molecule has 2 heteroatoms. The van der Waals surface area contributed by atoms with Gasteiger partial charge in [0.2, 0.25) is 0 Å². The van der Waals surface area contributed by atoms with E-state index in [1.807, 2.05) is 42.5 Å². The van der Waals surface area contributed by atoms with Gasteiger partial charge in [-0.05, 0) is 28.5 Å². The van der Waals surface area contributed by atoms with Crippen LogP contribution in [0.5, 0.6) is 0 Å². The molecule has 4 rings (SSSR count). The number of nitriles is 1. The second-order valence-corrected chi connectivity index (χ2v) is 6.25. The molecule has 0 aliphatic rings. The highest BCUT2D eigenvalue weighted by atomic mass is 15.1. The van der Waals surface area contributed by atoms with E-state index in [1.165, 1.54) is 11.3 Å². The van der Waals surface area contributed by atoms with E-state index in [-0.39, 0.29) is 0 Å². The first-order valence-electron chi connectivity index (χ1n) is 8.38. The van der Waals surface area contributed by atoms with Crippen molar-refractivity contribution >= 4 is 27.2 Å². The lowest BCUT2D eigenvalue weighted by molar-refractivity contribution is 0.937. The van der Waals surface area contributed by atoms with Gasteiger partial charge in [0.15, 0.2) is 0 Å². The topological polar surface area (TPSA) is 27.0 Å². The lowest BCUT2D eigenvalue weighted by atomic mass is 9.92. The van der Waals surface area contributed by atoms with Crippen molar-refractivity contribution in [2.45, 2.75) is 6.54 Å². The smallest absolute Gasteiger partial charge is 0.100 e. The van der Waals surface area contributed by atoms with E-state index in [4.69, 9.17) is 0 Å². The third-order valence-corrected chi connectivity index (χ3v) is 4.75. The highest BCUT2D eigenvalue weighted by Crippen LogP contribution is 2.33. The summed E-state index contributed by atoms with van der Waals surface area (Å²) in [6.07, 6.45) is 0. The fraction of sp³-hybridized carbons (Fsp3) is 0.0870. The molecule has 0 fully saturated rings. The van der Waals surface area contributed by atoms with Crippen LogP contribution in [0.15, 0.2) is 78.9 Å². The minimum atomic E-state index is 0.761. The molecule has 0 aliphatic heterocycles. The molecule has 0 unspecified atom stereocenters. The molecular weight excluding hydrogens is 304 g/mol. The van der Waals surface area contributed by atoms with Crippen molar-refractivity contribution in [2.24, 2.45) is 0 Å². The molecule has 0 spiro atoms. The summed E-state index contributed by atoms with van der Waals surface area (Å²) in [5.41, 5.74) is 3.20. The van der Waals surface area contributed by atoms with Gasteiger partial charge in [0.25, 0.3) is 0 Å². The van der Waals surface area contributed by atoms with Gasteiger partial charge in [-0.25, -0.2) is 0 Å². The first kappa shape index (κ1) is 15.2. The number of para-hydroxylation sites is 1. The number of hydrogen-bond acceptors (Lipinski definition) is 2. The maximum Gasteiger partial charge on any atom is 0.100 e. The highest BCUT2D eigenvalue weighted by Gasteiger charge is 2.14. The van der Waals surface area contributed by atoms with E-state index in [0.717, 1.165) is 33.7 Å². The van der Waals surface area contributed by atoms with Crippen molar-refractivity contribution in [1.29, 1.82) is 5.26 Å². The van der Waals surface area contributed by atoms with Crippen molar-refractivity contribution in [3.05, 3.63) is 90.0 Å². The summed E-state index contributed by atoms with van der Waals surface area (Å²) in [5, 5.41) is 14.1. The van der Waals surface area contributed by atoms with Gasteiger partial charge < -0.3 is 4.90 Å². The van der Waals surface area contributed by atoms with Gasteiger partial charge in [0.1, 0.15) is 6.07 Å². The number of rotatable bonds is 3. The minimum absolute atomic E-state index is 0.761. The van der Waals surface area contributed by atoms with E-state index in [1.54, 1.807) is 0 Å². The van der Waals surface area contributed by atoms with Gasteiger partial charge in [0.05, 0.1) is 5.56 Å². The molecule has 0 amide bonds. The number of fused-ring (bicyclic) bond motifs is 2. The van der Waals surface area contributed by atoms with Gasteiger partial charge in [-0.2, -0.15) is 5.26 Å². The Balaban J connectivity index is 1.97. The average molecular weight is 322 g/mol. The molecule has 2 nitrogen and oxygen atoms in total. The minimum Gasteiger partial charge on any atom is -0.370 e. The van der Waals surface area contributed by atoms with Crippen LogP contribution in [0, 0.1) is 11.3 Å². The van der Waals surface area contributed by atoms with Gasteiger partial charge in [-0.15, -0.1) is 0 Å². The Kier molecular flexibility index (Phi) is 3.84. The Bertz CT molecular complexity index is 1030. The molecule has 25 heavy (non-hydrogen) atoms. The largest absolute Gasteiger partial charge is 0.370 e. The van der Waals surface area contributed by atoms with Gasteiger partial charge in [-0.3, -0.25) is 0 Å². The van der Waals surface area contributed by atoms with Gasteiger partial charge in [-0.1, -0.05) is 66.7 Å². The molecule has 120 valence electrons. The lowest BCUT2D eigenvalue weighted by Gasteiger charge is -2.22. The fourth-order valence-corrected chi connectivity index (χ4v) is 3.52. The Labute approximate surface area is 147 Å². The average Bonchev–Trinajstić information content (AvgIpc) is 2.68. The summed E-state index contributed by atoms with van der Waals surface area (Å²) in [4.78, 5) is 2.25. The molecule has 0 saturated carbocycles. The normalized spacial score (nSPS) is 10.7.